The van der Waals surface area contributed by atoms with Crippen LogP contribution in [0, 0.1) is 5.82 Å². The molecule has 3 aromatic carbocycles. The van der Waals surface area contributed by atoms with E-state index in [0.29, 0.717) is 5.75 Å². The number of rotatable bonds is 6. The topological polar surface area (TPSA) is 58.4 Å². The molecule has 0 N–H and O–H groups in total. The van der Waals surface area contributed by atoms with Gasteiger partial charge in [0.15, 0.2) is 11.6 Å². The summed E-state index contributed by atoms with van der Waals surface area (Å²) in [5.41, 5.74) is 4.39. The van der Waals surface area contributed by atoms with Crippen LogP contribution in [-0.2, 0) is 0 Å². The number of methoxy groups -OCH3 is 3. The monoisotopic (exact) mass is 461 g/mol. The maximum absolute atomic E-state index is 13.8. The van der Waals surface area contributed by atoms with Gasteiger partial charge in [0.1, 0.15) is 16.5 Å². The molecule has 0 saturated carbocycles. The second-order valence-electron chi connectivity index (χ2n) is 7.24. The highest BCUT2D eigenvalue weighted by Gasteiger charge is 2.14. The first kappa shape index (κ1) is 21.0. The van der Waals surface area contributed by atoms with Crippen LogP contribution in [-0.4, -0.2) is 35.9 Å². The van der Waals surface area contributed by atoms with Gasteiger partial charge in [-0.2, -0.15) is 0 Å². The van der Waals surface area contributed by atoms with E-state index < -0.39 is 5.82 Å². The van der Waals surface area contributed by atoms with E-state index in [1.165, 1.54) is 13.2 Å². The fraction of sp³-hybridized carbons (Fsp3) is 0.120. The fourth-order valence-electron chi connectivity index (χ4n) is 3.67. The molecule has 0 atom stereocenters. The minimum Gasteiger partial charge on any atom is -0.497 e. The van der Waals surface area contributed by atoms with E-state index in [2.05, 4.69) is 4.98 Å². The van der Waals surface area contributed by atoms with Gasteiger partial charge in [0, 0.05) is 28.9 Å². The summed E-state index contributed by atoms with van der Waals surface area (Å²) in [6.07, 6.45) is 3.48. The van der Waals surface area contributed by atoms with Crippen LogP contribution in [0.2, 0.25) is 0 Å². The third-order valence-corrected chi connectivity index (χ3v) is 6.50. The van der Waals surface area contributed by atoms with Crippen molar-refractivity contribution >= 4 is 21.6 Å². The molecule has 0 fully saturated rings. The zero-order valence-electron chi connectivity index (χ0n) is 18.2. The Labute approximate surface area is 193 Å². The predicted molar refractivity (Wildman–Crippen MR) is 127 cm³/mol. The molecule has 0 bridgehead atoms. The highest BCUT2D eigenvalue weighted by Crippen LogP contribution is 2.39. The zero-order valence-corrected chi connectivity index (χ0v) is 19.0. The zero-order chi connectivity index (χ0) is 22.9. The molecular formula is C25H20FN3O3S. The van der Waals surface area contributed by atoms with Crippen LogP contribution < -0.4 is 14.2 Å². The van der Waals surface area contributed by atoms with Crippen molar-refractivity contribution in [1.29, 1.82) is 0 Å². The number of hydrogen-bond acceptors (Lipinski definition) is 6. The minimum atomic E-state index is -0.401. The van der Waals surface area contributed by atoms with E-state index in [0.717, 1.165) is 43.5 Å². The molecule has 0 unspecified atom stereocenters. The molecule has 0 aliphatic heterocycles. The van der Waals surface area contributed by atoms with E-state index >= 15 is 0 Å². The molecule has 0 saturated heterocycles. The van der Waals surface area contributed by atoms with Crippen molar-refractivity contribution in [3.63, 3.8) is 0 Å². The van der Waals surface area contributed by atoms with E-state index in [-0.39, 0.29) is 5.75 Å². The van der Waals surface area contributed by atoms with E-state index in [1.807, 2.05) is 41.0 Å². The van der Waals surface area contributed by atoms with E-state index in [9.17, 15) is 4.39 Å². The SMILES string of the molecule is COc1cc(OC)c2sc(-c3ccc(-n4cncc4-c4ccc(F)c(OC)c4)cc3)nc2c1. The molecule has 0 amide bonds. The number of hydrogen-bond donors (Lipinski definition) is 0. The fourth-order valence-corrected chi connectivity index (χ4v) is 4.71. The summed E-state index contributed by atoms with van der Waals surface area (Å²) < 4.78 is 32.7. The number of nitrogens with zero attached hydrogens (tertiary/aromatic N) is 3. The van der Waals surface area contributed by atoms with Crippen LogP contribution in [0.4, 0.5) is 4.39 Å². The average molecular weight is 462 g/mol. The number of ether oxygens (including phenoxy) is 3. The standard InChI is InChI=1S/C25H20FN3O3S/c1-30-18-11-20-24(23(12-18)32-3)33-25(28-20)15-4-7-17(8-5-15)29-14-27-13-21(29)16-6-9-19(26)22(10-16)31-2/h4-14H,1-3H3. The Kier molecular flexibility index (Phi) is 5.43. The van der Waals surface area contributed by atoms with Crippen LogP contribution in [0.25, 0.3) is 37.7 Å². The Morgan fingerprint density at radius 2 is 1.61 bits per heavy atom. The van der Waals surface area contributed by atoms with Gasteiger partial charge in [-0.15, -0.1) is 11.3 Å². The lowest BCUT2D eigenvalue weighted by Crippen LogP contribution is -1.96. The third-order valence-electron chi connectivity index (χ3n) is 5.36. The lowest BCUT2D eigenvalue weighted by Gasteiger charge is -2.10. The minimum absolute atomic E-state index is 0.193. The molecular weight excluding hydrogens is 441 g/mol. The summed E-state index contributed by atoms with van der Waals surface area (Å²) in [6, 6.07) is 16.6. The first-order valence-corrected chi connectivity index (χ1v) is 10.9. The average Bonchev–Trinajstić information content (AvgIpc) is 3.51. The van der Waals surface area contributed by atoms with Crippen molar-refractivity contribution in [2.45, 2.75) is 0 Å². The first-order chi connectivity index (χ1) is 16.1. The number of thiazole rings is 1. The quantitative estimate of drug-likeness (QED) is 0.311. The summed E-state index contributed by atoms with van der Waals surface area (Å²) in [6.45, 7) is 0. The van der Waals surface area contributed by atoms with E-state index in [1.54, 1.807) is 50.2 Å². The molecule has 0 spiro atoms. The van der Waals surface area contributed by atoms with Gasteiger partial charge in [0.25, 0.3) is 0 Å². The van der Waals surface area contributed by atoms with Crippen LogP contribution in [0.1, 0.15) is 0 Å². The predicted octanol–water partition coefficient (Wildman–Crippen LogP) is 5.98. The van der Waals surface area contributed by atoms with Gasteiger partial charge in [-0.3, -0.25) is 4.57 Å². The molecule has 0 aliphatic carbocycles. The maximum Gasteiger partial charge on any atom is 0.165 e. The number of fused-ring (bicyclic) bond motifs is 1. The van der Waals surface area contributed by atoms with Crippen LogP contribution in [0.5, 0.6) is 17.2 Å². The van der Waals surface area contributed by atoms with Gasteiger partial charge in [-0.05, 0) is 42.5 Å². The largest absolute Gasteiger partial charge is 0.497 e. The van der Waals surface area contributed by atoms with Crippen molar-refractivity contribution in [2.24, 2.45) is 0 Å². The third kappa shape index (κ3) is 3.78. The number of benzene rings is 3. The Morgan fingerprint density at radius 3 is 2.33 bits per heavy atom. The van der Waals surface area contributed by atoms with Gasteiger partial charge >= 0.3 is 0 Å². The maximum atomic E-state index is 13.8. The van der Waals surface area contributed by atoms with Gasteiger partial charge < -0.3 is 14.2 Å². The van der Waals surface area contributed by atoms with Gasteiger partial charge in [0.05, 0.1) is 49.8 Å². The highest BCUT2D eigenvalue weighted by atomic mass is 32.1. The van der Waals surface area contributed by atoms with Gasteiger partial charge in [-0.1, -0.05) is 0 Å². The summed E-state index contributed by atoms with van der Waals surface area (Å²) in [5.74, 6) is 1.24. The smallest absolute Gasteiger partial charge is 0.165 e. The summed E-state index contributed by atoms with van der Waals surface area (Å²) in [4.78, 5) is 9.07. The molecule has 0 radical (unpaired) electrons. The van der Waals surface area contributed by atoms with Gasteiger partial charge in [-0.25, -0.2) is 14.4 Å². The van der Waals surface area contributed by atoms with Gasteiger partial charge in [0.2, 0.25) is 0 Å². The van der Waals surface area contributed by atoms with Crippen molar-refractivity contribution in [2.75, 3.05) is 21.3 Å². The number of aromatic nitrogens is 3. The lowest BCUT2D eigenvalue weighted by atomic mass is 10.1. The second kappa shape index (κ2) is 8.55. The molecule has 5 rings (SSSR count). The van der Waals surface area contributed by atoms with Crippen LogP contribution >= 0.6 is 11.3 Å². The Bertz CT molecular complexity index is 1440. The Morgan fingerprint density at radius 1 is 0.848 bits per heavy atom. The molecule has 8 heteroatoms. The summed E-state index contributed by atoms with van der Waals surface area (Å²) >= 11 is 1.57. The lowest BCUT2D eigenvalue weighted by molar-refractivity contribution is 0.387. The highest BCUT2D eigenvalue weighted by molar-refractivity contribution is 7.22. The molecule has 2 heterocycles. The normalized spacial score (nSPS) is 11.0. The molecule has 0 aliphatic rings. The summed E-state index contributed by atoms with van der Waals surface area (Å²) in [5, 5.41) is 0.886. The molecule has 166 valence electrons. The first-order valence-electron chi connectivity index (χ1n) is 10.1. The van der Waals surface area contributed by atoms with Crippen molar-refractivity contribution in [3.8, 4) is 44.8 Å². The Hall–Kier alpha value is -3.91. The molecule has 2 aromatic heterocycles. The van der Waals surface area contributed by atoms with Crippen LogP contribution in [0.3, 0.4) is 0 Å². The number of halogens is 1. The molecule has 6 nitrogen and oxygen atoms in total. The molecule has 33 heavy (non-hydrogen) atoms. The second-order valence-corrected chi connectivity index (χ2v) is 8.24. The van der Waals surface area contributed by atoms with Crippen molar-refractivity contribution in [3.05, 3.63) is 72.9 Å². The van der Waals surface area contributed by atoms with Crippen molar-refractivity contribution < 1.29 is 18.6 Å². The Balaban J connectivity index is 1.50. The summed E-state index contributed by atoms with van der Waals surface area (Å²) in [7, 11) is 4.72. The van der Waals surface area contributed by atoms with Crippen LogP contribution in [0.15, 0.2) is 67.1 Å². The van der Waals surface area contributed by atoms with Crippen molar-refractivity contribution in [1.82, 2.24) is 14.5 Å². The van der Waals surface area contributed by atoms with E-state index in [4.69, 9.17) is 19.2 Å². The molecule has 5 aromatic rings. The number of imidazole rings is 1.